The number of nitrogen functional groups attached to an aromatic ring is 1. The first-order valence-electron chi connectivity index (χ1n) is 5.48. The Kier molecular flexibility index (Phi) is 3.11. The molecule has 17 heavy (non-hydrogen) atoms. The van der Waals surface area contributed by atoms with Crippen molar-refractivity contribution in [3.63, 3.8) is 0 Å². The van der Waals surface area contributed by atoms with E-state index in [1.54, 1.807) is 17.4 Å². The maximum Gasteiger partial charge on any atom is 0.146 e. The van der Waals surface area contributed by atoms with Gasteiger partial charge in [0, 0.05) is 17.2 Å². The zero-order chi connectivity index (χ0) is 12.5. The van der Waals surface area contributed by atoms with E-state index < -0.39 is 0 Å². The Bertz CT molecular complexity index is 496. The van der Waals surface area contributed by atoms with Crippen molar-refractivity contribution in [3.05, 3.63) is 33.9 Å². The lowest BCUT2D eigenvalue weighted by atomic mass is 9.93. The van der Waals surface area contributed by atoms with E-state index in [-0.39, 0.29) is 5.41 Å². The van der Waals surface area contributed by atoms with E-state index >= 15 is 0 Å². The Morgan fingerprint density at radius 2 is 2.00 bits per heavy atom. The molecule has 0 saturated heterocycles. The molecule has 0 amide bonds. The van der Waals surface area contributed by atoms with Gasteiger partial charge in [0.2, 0.25) is 0 Å². The third-order valence-electron chi connectivity index (χ3n) is 2.39. The lowest BCUT2D eigenvalue weighted by molar-refractivity contribution is 0.571. The van der Waals surface area contributed by atoms with Gasteiger partial charge in [-0.1, -0.05) is 20.8 Å². The fourth-order valence-corrected chi connectivity index (χ4v) is 2.39. The lowest BCUT2D eigenvalue weighted by Crippen LogP contribution is -2.11. The minimum Gasteiger partial charge on any atom is -0.382 e. The van der Waals surface area contributed by atoms with Crippen LogP contribution in [0.3, 0.4) is 0 Å². The van der Waals surface area contributed by atoms with Gasteiger partial charge in [0.05, 0.1) is 16.4 Å². The van der Waals surface area contributed by atoms with Crippen LogP contribution in [0.5, 0.6) is 0 Å². The van der Waals surface area contributed by atoms with Crippen LogP contribution in [-0.4, -0.2) is 15.2 Å². The largest absolute Gasteiger partial charge is 0.382 e. The van der Waals surface area contributed by atoms with Gasteiger partial charge in [-0.15, -0.1) is 16.4 Å². The molecule has 0 aliphatic heterocycles. The maximum absolute atomic E-state index is 5.49. The van der Waals surface area contributed by atoms with Crippen LogP contribution >= 0.6 is 11.3 Å². The number of rotatable bonds is 2. The van der Waals surface area contributed by atoms with Gasteiger partial charge in [-0.3, -0.25) is 0 Å². The van der Waals surface area contributed by atoms with Gasteiger partial charge in [0.15, 0.2) is 0 Å². The van der Waals surface area contributed by atoms with E-state index in [4.69, 9.17) is 5.73 Å². The summed E-state index contributed by atoms with van der Waals surface area (Å²) in [5, 5.41) is 11.0. The van der Waals surface area contributed by atoms with Crippen molar-refractivity contribution in [1.29, 1.82) is 0 Å². The van der Waals surface area contributed by atoms with Crippen molar-refractivity contribution in [1.82, 2.24) is 15.2 Å². The summed E-state index contributed by atoms with van der Waals surface area (Å²) in [5.41, 5.74) is 7.62. The first-order chi connectivity index (χ1) is 7.95. The molecule has 2 aromatic heterocycles. The highest BCUT2D eigenvalue weighted by atomic mass is 32.1. The predicted octanol–water partition coefficient (Wildman–Crippen LogP) is 2.40. The third-order valence-corrected chi connectivity index (χ3v) is 3.24. The Hall–Kier alpha value is -1.49. The maximum atomic E-state index is 5.49. The summed E-state index contributed by atoms with van der Waals surface area (Å²) >= 11 is 1.67. The lowest BCUT2D eigenvalue weighted by Gasteiger charge is -2.14. The molecule has 90 valence electrons. The first kappa shape index (κ1) is 12.0. The van der Waals surface area contributed by atoms with Crippen LogP contribution in [0.25, 0.3) is 0 Å². The second kappa shape index (κ2) is 4.41. The van der Waals surface area contributed by atoms with E-state index in [9.17, 15) is 0 Å². The summed E-state index contributed by atoms with van der Waals surface area (Å²) in [4.78, 5) is 4.62. The summed E-state index contributed by atoms with van der Waals surface area (Å²) in [6.45, 7) is 6.48. The number of hydrogen-bond donors (Lipinski definition) is 1. The van der Waals surface area contributed by atoms with Crippen LogP contribution in [0.4, 0.5) is 5.82 Å². The smallest absolute Gasteiger partial charge is 0.146 e. The highest BCUT2D eigenvalue weighted by Gasteiger charge is 2.17. The van der Waals surface area contributed by atoms with E-state index in [1.165, 1.54) is 0 Å². The van der Waals surface area contributed by atoms with Gasteiger partial charge in [0.25, 0.3) is 0 Å². The van der Waals surface area contributed by atoms with E-state index in [2.05, 4.69) is 41.3 Å². The Labute approximate surface area is 105 Å². The number of nitrogens with two attached hydrogens (primary N) is 1. The average molecular weight is 248 g/mol. The molecule has 4 nitrogen and oxygen atoms in total. The molecule has 0 unspecified atom stereocenters. The Balaban J connectivity index is 2.14. The fraction of sp³-hybridized carbons (Fsp3) is 0.417. The molecule has 0 fully saturated rings. The van der Waals surface area contributed by atoms with Crippen molar-refractivity contribution in [3.8, 4) is 0 Å². The number of anilines is 1. The summed E-state index contributed by atoms with van der Waals surface area (Å²) in [6, 6.07) is 3.65. The normalized spacial score (nSPS) is 11.7. The predicted molar refractivity (Wildman–Crippen MR) is 70.1 cm³/mol. The first-order valence-corrected chi connectivity index (χ1v) is 6.36. The second-order valence-electron chi connectivity index (χ2n) is 5.00. The van der Waals surface area contributed by atoms with Gasteiger partial charge in [-0.2, -0.15) is 5.10 Å². The molecule has 0 radical (unpaired) electrons. The molecule has 0 atom stereocenters. The van der Waals surface area contributed by atoms with Crippen molar-refractivity contribution in [2.45, 2.75) is 32.6 Å². The fourth-order valence-electron chi connectivity index (χ4n) is 1.36. The zero-order valence-electron chi connectivity index (χ0n) is 10.3. The molecule has 0 saturated carbocycles. The molecule has 2 heterocycles. The van der Waals surface area contributed by atoms with E-state index in [0.29, 0.717) is 12.2 Å². The summed E-state index contributed by atoms with van der Waals surface area (Å²) in [7, 11) is 0. The number of aromatic nitrogens is 3. The minimum absolute atomic E-state index is 0.0988. The molecular formula is C12H16N4S. The van der Waals surface area contributed by atoms with Gasteiger partial charge >= 0.3 is 0 Å². The second-order valence-corrected chi connectivity index (χ2v) is 5.95. The third kappa shape index (κ3) is 3.00. The van der Waals surface area contributed by atoms with Crippen LogP contribution in [0.15, 0.2) is 17.5 Å². The molecule has 2 rings (SSSR count). The quantitative estimate of drug-likeness (QED) is 0.886. The van der Waals surface area contributed by atoms with Gasteiger partial charge in [0.1, 0.15) is 5.82 Å². The Morgan fingerprint density at radius 3 is 2.53 bits per heavy atom. The molecule has 2 N–H and O–H groups in total. The molecule has 0 spiro atoms. The molecule has 0 aliphatic rings. The molecule has 0 aromatic carbocycles. The van der Waals surface area contributed by atoms with Crippen molar-refractivity contribution in [2.75, 3.05) is 5.73 Å². The van der Waals surface area contributed by atoms with Crippen LogP contribution in [-0.2, 0) is 11.8 Å². The Morgan fingerprint density at radius 1 is 1.24 bits per heavy atom. The molecule has 0 aliphatic carbocycles. The van der Waals surface area contributed by atoms with Crippen molar-refractivity contribution < 1.29 is 0 Å². The van der Waals surface area contributed by atoms with Gasteiger partial charge in [-0.05, 0) is 12.1 Å². The summed E-state index contributed by atoms with van der Waals surface area (Å²) in [5.74, 6) is 0.447. The van der Waals surface area contributed by atoms with Gasteiger partial charge < -0.3 is 5.73 Å². The number of nitrogens with zero attached hydrogens (tertiary/aromatic N) is 3. The highest BCUT2D eigenvalue weighted by Crippen LogP contribution is 2.24. The standard InChI is InChI=1S/C12H16N4S/c1-12(2,3)9-7-17-11(14-9)6-8-4-5-10(13)16-15-8/h4-5,7H,6H2,1-3H3,(H2,13,16). The number of thiazole rings is 1. The van der Waals surface area contributed by atoms with Crippen molar-refractivity contribution >= 4 is 17.2 Å². The summed E-state index contributed by atoms with van der Waals surface area (Å²) < 4.78 is 0. The monoisotopic (exact) mass is 248 g/mol. The topological polar surface area (TPSA) is 64.7 Å². The van der Waals surface area contributed by atoms with Crippen LogP contribution in [0, 0.1) is 0 Å². The van der Waals surface area contributed by atoms with E-state index in [0.717, 1.165) is 16.4 Å². The van der Waals surface area contributed by atoms with E-state index in [1.807, 2.05) is 6.07 Å². The summed E-state index contributed by atoms with van der Waals surface area (Å²) in [6.07, 6.45) is 0.716. The molecule has 5 heteroatoms. The highest BCUT2D eigenvalue weighted by molar-refractivity contribution is 7.09. The SMILES string of the molecule is CC(C)(C)c1csc(Cc2ccc(N)nn2)n1. The molecular weight excluding hydrogens is 232 g/mol. The minimum atomic E-state index is 0.0988. The van der Waals surface area contributed by atoms with Gasteiger partial charge in [-0.25, -0.2) is 4.98 Å². The van der Waals surface area contributed by atoms with Crippen LogP contribution in [0.1, 0.15) is 37.2 Å². The molecule has 0 bridgehead atoms. The van der Waals surface area contributed by atoms with Crippen LogP contribution < -0.4 is 5.73 Å². The van der Waals surface area contributed by atoms with Crippen LogP contribution in [0.2, 0.25) is 0 Å². The molecule has 2 aromatic rings. The zero-order valence-corrected chi connectivity index (χ0v) is 11.1. The average Bonchev–Trinajstić information content (AvgIpc) is 2.69. The number of hydrogen-bond acceptors (Lipinski definition) is 5. The van der Waals surface area contributed by atoms with Crippen molar-refractivity contribution in [2.24, 2.45) is 0 Å².